The van der Waals surface area contributed by atoms with Gasteiger partial charge in [0.05, 0.1) is 0 Å². The first-order valence-corrected chi connectivity index (χ1v) is 8.64. The molecule has 0 aromatic carbocycles. The second kappa shape index (κ2) is 4.72. The van der Waals surface area contributed by atoms with Gasteiger partial charge in [0.15, 0.2) is 0 Å². The third-order valence-electron chi connectivity index (χ3n) is 6.67. The molecule has 1 saturated heterocycles. The van der Waals surface area contributed by atoms with Gasteiger partial charge in [-0.2, -0.15) is 0 Å². The predicted octanol–water partition coefficient (Wildman–Crippen LogP) is 1.99. The van der Waals surface area contributed by atoms with Crippen molar-refractivity contribution in [1.29, 1.82) is 0 Å². The van der Waals surface area contributed by atoms with Gasteiger partial charge in [0.25, 0.3) is 0 Å². The van der Waals surface area contributed by atoms with Crippen molar-refractivity contribution >= 4 is 11.8 Å². The van der Waals surface area contributed by atoms with E-state index in [1.165, 1.54) is 38.5 Å². The molecule has 5 fully saturated rings. The summed E-state index contributed by atoms with van der Waals surface area (Å²) >= 11 is 0. The molecule has 4 heteroatoms. The first-order chi connectivity index (χ1) is 10.0. The van der Waals surface area contributed by atoms with Crippen molar-refractivity contribution in [3.8, 4) is 0 Å². The molecule has 4 nitrogen and oxygen atoms in total. The van der Waals surface area contributed by atoms with Gasteiger partial charge in [-0.05, 0) is 75.0 Å². The normalized spacial score (nSPS) is 45.5. The molecule has 2 unspecified atom stereocenters. The van der Waals surface area contributed by atoms with Crippen LogP contribution in [0.2, 0.25) is 0 Å². The summed E-state index contributed by atoms with van der Waals surface area (Å²) in [6.45, 7) is 2.20. The lowest BCUT2D eigenvalue weighted by molar-refractivity contribution is -0.129. The van der Waals surface area contributed by atoms with Crippen LogP contribution in [0.4, 0.5) is 0 Å². The Balaban J connectivity index is 1.44. The summed E-state index contributed by atoms with van der Waals surface area (Å²) in [5, 5.41) is 6.03. The van der Waals surface area contributed by atoms with Crippen LogP contribution in [0.15, 0.2) is 0 Å². The number of hydrogen-bond donors (Lipinski definition) is 2. The summed E-state index contributed by atoms with van der Waals surface area (Å²) in [4.78, 5) is 23.6. The summed E-state index contributed by atoms with van der Waals surface area (Å²) < 4.78 is 0. The fraction of sp³-hybridized carbons (Fsp3) is 0.882. The molecule has 116 valence electrons. The molecule has 0 aromatic heterocycles. The number of rotatable bonds is 3. The second-order valence-electron chi connectivity index (χ2n) is 8.17. The van der Waals surface area contributed by atoms with Crippen LogP contribution in [0.5, 0.6) is 0 Å². The van der Waals surface area contributed by atoms with Crippen molar-refractivity contribution in [1.82, 2.24) is 10.6 Å². The molecule has 4 aliphatic carbocycles. The molecule has 2 amide bonds. The lowest BCUT2D eigenvalue weighted by Crippen LogP contribution is -2.57. The molecule has 1 aliphatic heterocycles. The largest absolute Gasteiger partial charge is 0.351 e. The van der Waals surface area contributed by atoms with Crippen LogP contribution >= 0.6 is 0 Å². The van der Waals surface area contributed by atoms with Gasteiger partial charge >= 0.3 is 0 Å². The average Bonchev–Trinajstić information content (AvgIpc) is 2.84. The van der Waals surface area contributed by atoms with Gasteiger partial charge in [-0.15, -0.1) is 0 Å². The van der Waals surface area contributed by atoms with Crippen LogP contribution < -0.4 is 10.6 Å². The van der Waals surface area contributed by atoms with Crippen molar-refractivity contribution in [2.24, 2.45) is 23.2 Å². The fourth-order valence-corrected chi connectivity index (χ4v) is 5.99. The van der Waals surface area contributed by atoms with Gasteiger partial charge in [0.1, 0.15) is 6.04 Å². The standard InChI is InChI=1S/C17H26N2O2/c1-10(18-16(21)14-2-3-15(20)19-14)17-7-11-4-12(8-17)6-13(5-11)9-17/h10-14H,2-9H2,1H3,(H,18,21)(H,19,20). The summed E-state index contributed by atoms with van der Waals surface area (Å²) in [5.74, 6) is 2.76. The van der Waals surface area contributed by atoms with Gasteiger partial charge < -0.3 is 10.6 Å². The van der Waals surface area contributed by atoms with Crippen molar-refractivity contribution in [2.45, 2.75) is 70.4 Å². The number of hydrogen-bond acceptors (Lipinski definition) is 2. The fourth-order valence-electron chi connectivity index (χ4n) is 5.99. The zero-order valence-corrected chi connectivity index (χ0v) is 12.9. The van der Waals surface area contributed by atoms with Gasteiger partial charge in [-0.25, -0.2) is 0 Å². The summed E-state index contributed by atoms with van der Waals surface area (Å²) in [6.07, 6.45) is 9.34. The average molecular weight is 290 g/mol. The maximum absolute atomic E-state index is 12.4. The maximum atomic E-state index is 12.4. The smallest absolute Gasteiger partial charge is 0.242 e. The Morgan fingerprint density at radius 3 is 2.24 bits per heavy atom. The number of carbonyl (C=O) groups is 2. The van der Waals surface area contributed by atoms with Crippen LogP contribution in [-0.4, -0.2) is 23.9 Å². The Labute approximate surface area is 126 Å². The molecule has 5 aliphatic rings. The molecular weight excluding hydrogens is 264 g/mol. The molecule has 0 radical (unpaired) electrons. The Morgan fingerprint density at radius 2 is 1.76 bits per heavy atom. The van der Waals surface area contributed by atoms with Crippen molar-refractivity contribution in [3.63, 3.8) is 0 Å². The van der Waals surface area contributed by atoms with Gasteiger partial charge in [0, 0.05) is 12.5 Å². The van der Waals surface area contributed by atoms with E-state index in [-0.39, 0.29) is 23.9 Å². The van der Waals surface area contributed by atoms with E-state index in [4.69, 9.17) is 0 Å². The van der Waals surface area contributed by atoms with Gasteiger partial charge in [0.2, 0.25) is 11.8 Å². The highest BCUT2D eigenvalue weighted by molar-refractivity contribution is 5.90. The van der Waals surface area contributed by atoms with E-state index in [2.05, 4.69) is 17.6 Å². The Hall–Kier alpha value is -1.06. The lowest BCUT2D eigenvalue weighted by atomic mass is 9.48. The zero-order valence-electron chi connectivity index (χ0n) is 12.9. The van der Waals surface area contributed by atoms with Crippen molar-refractivity contribution < 1.29 is 9.59 Å². The molecule has 0 aromatic rings. The molecule has 0 spiro atoms. The maximum Gasteiger partial charge on any atom is 0.242 e. The predicted molar refractivity (Wildman–Crippen MR) is 79.4 cm³/mol. The van der Waals surface area contributed by atoms with Crippen LogP contribution in [0.3, 0.4) is 0 Å². The summed E-state index contributed by atoms with van der Waals surface area (Å²) in [6, 6.07) is -0.0511. The van der Waals surface area contributed by atoms with E-state index in [1.807, 2.05) is 0 Å². The van der Waals surface area contributed by atoms with E-state index >= 15 is 0 Å². The minimum atomic E-state index is -0.297. The van der Waals surface area contributed by atoms with Gasteiger partial charge in [-0.3, -0.25) is 9.59 Å². The minimum absolute atomic E-state index is 0.0117. The molecule has 2 atom stereocenters. The first-order valence-electron chi connectivity index (χ1n) is 8.64. The third kappa shape index (κ3) is 2.27. The molecule has 1 heterocycles. The van der Waals surface area contributed by atoms with Crippen molar-refractivity contribution in [3.05, 3.63) is 0 Å². The first kappa shape index (κ1) is 13.6. The lowest BCUT2D eigenvalue weighted by Gasteiger charge is -2.59. The van der Waals surface area contributed by atoms with Crippen LogP contribution in [0, 0.1) is 23.2 Å². The van der Waals surface area contributed by atoms with E-state index < -0.39 is 0 Å². The monoisotopic (exact) mass is 290 g/mol. The second-order valence-corrected chi connectivity index (χ2v) is 8.17. The quantitative estimate of drug-likeness (QED) is 0.835. The Kier molecular flexibility index (Phi) is 3.05. The SMILES string of the molecule is CC(NC(=O)C1CCC(=O)N1)C12CC3CC(CC(C3)C1)C2. The Bertz CT molecular complexity index is 438. The molecular formula is C17H26N2O2. The van der Waals surface area contributed by atoms with Crippen LogP contribution in [0.1, 0.15) is 58.3 Å². The molecule has 4 saturated carbocycles. The number of amides is 2. The molecule has 2 N–H and O–H groups in total. The highest BCUT2D eigenvalue weighted by atomic mass is 16.2. The third-order valence-corrected chi connectivity index (χ3v) is 6.67. The highest BCUT2D eigenvalue weighted by Gasteiger charge is 2.53. The van der Waals surface area contributed by atoms with Gasteiger partial charge in [-0.1, -0.05) is 0 Å². The molecule has 21 heavy (non-hydrogen) atoms. The highest BCUT2D eigenvalue weighted by Crippen LogP contribution is 2.61. The van der Waals surface area contributed by atoms with Crippen LogP contribution in [-0.2, 0) is 9.59 Å². The van der Waals surface area contributed by atoms with E-state index in [1.54, 1.807) is 0 Å². The van der Waals surface area contributed by atoms with E-state index in [9.17, 15) is 9.59 Å². The van der Waals surface area contributed by atoms with Crippen LogP contribution in [0.25, 0.3) is 0 Å². The zero-order chi connectivity index (χ0) is 14.6. The minimum Gasteiger partial charge on any atom is -0.351 e. The molecule has 5 rings (SSSR count). The van der Waals surface area contributed by atoms with E-state index in [0.29, 0.717) is 18.3 Å². The molecule has 4 bridgehead atoms. The number of carbonyl (C=O) groups excluding carboxylic acids is 2. The van der Waals surface area contributed by atoms with Crippen molar-refractivity contribution in [2.75, 3.05) is 0 Å². The Morgan fingerprint density at radius 1 is 1.19 bits per heavy atom. The topological polar surface area (TPSA) is 58.2 Å². The summed E-state index contributed by atoms with van der Waals surface area (Å²) in [5.41, 5.74) is 0.340. The summed E-state index contributed by atoms with van der Waals surface area (Å²) in [7, 11) is 0. The number of nitrogens with one attached hydrogen (secondary N) is 2. The van der Waals surface area contributed by atoms with E-state index in [0.717, 1.165) is 17.8 Å².